The van der Waals surface area contributed by atoms with Gasteiger partial charge >= 0.3 is 0 Å². The Hall–Kier alpha value is -3.58. The fourth-order valence-corrected chi connectivity index (χ4v) is 7.87. The van der Waals surface area contributed by atoms with Crippen LogP contribution in [-0.4, -0.2) is 10.1 Å². The van der Waals surface area contributed by atoms with Gasteiger partial charge < -0.3 is 5.11 Å². The van der Waals surface area contributed by atoms with E-state index in [1.54, 1.807) is 6.20 Å². The third kappa shape index (κ3) is 5.14. The summed E-state index contributed by atoms with van der Waals surface area (Å²) in [4.78, 5) is 4.43. The monoisotopic (exact) mass is 499 g/mol. The zero-order valence-corrected chi connectivity index (χ0v) is 21.7. The molecule has 2 nitrogen and oxygen atoms in total. The first kappa shape index (κ1) is 23.8. The molecule has 1 heterocycles. The van der Waals surface area contributed by atoms with Crippen molar-refractivity contribution in [3.05, 3.63) is 155 Å². The number of nitrogens with zero attached hydrogens (tertiary/aromatic N) is 1. The van der Waals surface area contributed by atoms with E-state index in [2.05, 4.69) is 102 Å². The Morgan fingerprint density at radius 1 is 0.595 bits per heavy atom. The highest BCUT2D eigenvalue weighted by molar-refractivity contribution is 7.79. The Kier molecular flexibility index (Phi) is 6.95. The smallest absolute Gasteiger partial charge is 0.121 e. The molecule has 0 unspecified atom stereocenters. The molecule has 5 aromatic rings. The average Bonchev–Trinajstić information content (AvgIpc) is 2.96. The van der Waals surface area contributed by atoms with Crippen LogP contribution in [0.25, 0.3) is 0 Å². The molecule has 1 aromatic heterocycles. The predicted octanol–water partition coefficient (Wildman–Crippen LogP) is 5.81. The number of benzene rings is 4. The van der Waals surface area contributed by atoms with Crippen LogP contribution in [0.15, 0.2) is 121 Å². The molecule has 0 fully saturated rings. The maximum absolute atomic E-state index is 11.2. The Bertz CT molecular complexity index is 1450. The zero-order valence-electron chi connectivity index (χ0n) is 20.8. The largest absolute Gasteiger partial charge is 0.382 e. The Balaban J connectivity index is 1.41. The molecule has 0 radical (unpaired) electrons. The van der Waals surface area contributed by atoms with Crippen LogP contribution in [0.5, 0.6) is 0 Å². The molecule has 4 aromatic carbocycles. The molecule has 0 aliphatic heterocycles. The van der Waals surface area contributed by atoms with E-state index in [9.17, 15) is 5.11 Å². The highest BCUT2D eigenvalue weighted by atomic mass is 31.1. The second-order valence-electron chi connectivity index (χ2n) is 9.66. The van der Waals surface area contributed by atoms with Crippen molar-refractivity contribution in [1.82, 2.24) is 4.98 Å². The minimum Gasteiger partial charge on any atom is -0.382 e. The van der Waals surface area contributed by atoms with Gasteiger partial charge in [-0.3, -0.25) is 4.98 Å². The van der Waals surface area contributed by atoms with Gasteiger partial charge in [0.1, 0.15) is 6.10 Å². The van der Waals surface area contributed by atoms with Gasteiger partial charge in [0.2, 0.25) is 0 Å². The zero-order chi connectivity index (χ0) is 25.0. The lowest BCUT2D eigenvalue weighted by molar-refractivity contribution is 0.214. The summed E-state index contributed by atoms with van der Waals surface area (Å²) >= 11 is 0. The fourth-order valence-electron chi connectivity index (χ4n) is 5.30. The number of pyridine rings is 1. The summed E-state index contributed by atoms with van der Waals surface area (Å²) in [6.07, 6.45) is 4.75. The lowest BCUT2D eigenvalue weighted by Crippen LogP contribution is -2.24. The topological polar surface area (TPSA) is 33.1 Å². The molecule has 4 bridgehead atoms. The van der Waals surface area contributed by atoms with Gasteiger partial charge in [-0.25, -0.2) is 0 Å². The van der Waals surface area contributed by atoms with Crippen molar-refractivity contribution in [2.24, 2.45) is 0 Å². The molecule has 0 spiro atoms. The quantitative estimate of drug-likeness (QED) is 0.310. The summed E-state index contributed by atoms with van der Waals surface area (Å²) in [6.45, 7) is 0. The molecule has 4 aliphatic rings. The lowest BCUT2D eigenvalue weighted by atomic mass is 9.90. The van der Waals surface area contributed by atoms with Gasteiger partial charge in [-0.2, -0.15) is 0 Å². The second kappa shape index (κ2) is 10.8. The molecule has 0 saturated carbocycles. The van der Waals surface area contributed by atoms with Crippen molar-refractivity contribution >= 4 is 23.8 Å². The summed E-state index contributed by atoms with van der Waals surface area (Å²) in [5.41, 5.74) is 6.91. The standard InChI is InChI=1S/C34H30NOP/c36-34(32-13-7-8-22-35-32)31-23-25-14-18-27(31)19-15-26-17-21-28(20-16-25)33(24-26)37(29-9-3-1-4-10-29)30-11-5-2-6-12-30/h1-14,17-18,21-24,34,36H,15-16,19-20H2/t34-/m0/s1. The van der Waals surface area contributed by atoms with E-state index in [-0.39, 0.29) is 0 Å². The van der Waals surface area contributed by atoms with E-state index in [0.29, 0.717) is 5.69 Å². The van der Waals surface area contributed by atoms with E-state index in [1.165, 1.54) is 38.2 Å². The minimum absolute atomic E-state index is 0.651. The molecule has 37 heavy (non-hydrogen) atoms. The van der Waals surface area contributed by atoms with Gasteiger partial charge in [0.05, 0.1) is 5.69 Å². The Labute approximate surface area is 220 Å². The maximum Gasteiger partial charge on any atom is 0.121 e. The van der Waals surface area contributed by atoms with Crippen molar-refractivity contribution in [3.63, 3.8) is 0 Å². The van der Waals surface area contributed by atoms with Crippen LogP contribution in [0.1, 0.15) is 39.6 Å². The number of aromatic nitrogens is 1. The molecular weight excluding hydrogens is 469 g/mol. The fraction of sp³-hybridized carbons (Fsp3) is 0.147. The normalized spacial score (nSPS) is 13.8. The minimum atomic E-state index is -0.709. The summed E-state index contributed by atoms with van der Waals surface area (Å²) in [7, 11) is -0.651. The molecular formula is C34H30NOP. The molecule has 0 saturated heterocycles. The summed E-state index contributed by atoms with van der Waals surface area (Å²) in [5.74, 6) is 0. The van der Waals surface area contributed by atoms with Crippen molar-refractivity contribution < 1.29 is 5.11 Å². The first-order chi connectivity index (χ1) is 18.3. The third-order valence-corrected chi connectivity index (χ3v) is 9.79. The number of rotatable bonds is 5. The molecule has 4 aliphatic carbocycles. The van der Waals surface area contributed by atoms with Crippen molar-refractivity contribution in [2.45, 2.75) is 31.8 Å². The van der Waals surface area contributed by atoms with Crippen LogP contribution >= 0.6 is 7.92 Å². The van der Waals surface area contributed by atoms with Gasteiger partial charge in [-0.1, -0.05) is 103 Å². The average molecular weight is 500 g/mol. The van der Waals surface area contributed by atoms with Crippen LogP contribution in [-0.2, 0) is 25.7 Å². The first-order valence-electron chi connectivity index (χ1n) is 13.0. The maximum atomic E-state index is 11.2. The van der Waals surface area contributed by atoms with Crippen molar-refractivity contribution in [3.8, 4) is 0 Å². The number of aliphatic hydroxyl groups excluding tert-OH is 1. The molecule has 1 atom stereocenters. The van der Waals surface area contributed by atoms with E-state index in [4.69, 9.17) is 0 Å². The van der Waals surface area contributed by atoms with E-state index in [0.717, 1.165) is 31.2 Å². The second-order valence-corrected chi connectivity index (χ2v) is 11.8. The van der Waals surface area contributed by atoms with Crippen LogP contribution in [0.4, 0.5) is 0 Å². The number of aliphatic hydroxyl groups is 1. The molecule has 0 amide bonds. The number of hydrogen-bond acceptors (Lipinski definition) is 2. The Morgan fingerprint density at radius 3 is 1.84 bits per heavy atom. The van der Waals surface area contributed by atoms with Crippen molar-refractivity contribution in [2.75, 3.05) is 0 Å². The van der Waals surface area contributed by atoms with Gasteiger partial charge in [0.25, 0.3) is 0 Å². The molecule has 182 valence electrons. The van der Waals surface area contributed by atoms with Crippen LogP contribution < -0.4 is 15.9 Å². The van der Waals surface area contributed by atoms with Crippen LogP contribution in [0.2, 0.25) is 0 Å². The van der Waals surface area contributed by atoms with Gasteiger partial charge in [0, 0.05) is 6.20 Å². The SMILES string of the molecule is O[C@H](c1ccccn1)c1cc2ccc1CCc1ccc(c(P(c3ccccc3)c3ccccc3)c1)CC2. The Morgan fingerprint density at radius 2 is 1.19 bits per heavy atom. The third-order valence-electron chi connectivity index (χ3n) is 7.26. The molecule has 9 rings (SSSR count). The first-order valence-corrected chi connectivity index (χ1v) is 14.3. The van der Waals surface area contributed by atoms with E-state index < -0.39 is 14.0 Å². The van der Waals surface area contributed by atoms with Gasteiger partial charge in [-0.05, 0) is 89.5 Å². The van der Waals surface area contributed by atoms with Crippen LogP contribution in [0, 0.1) is 0 Å². The van der Waals surface area contributed by atoms with Gasteiger partial charge in [0.15, 0.2) is 0 Å². The van der Waals surface area contributed by atoms with E-state index in [1.807, 2.05) is 18.2 Å². The summed E-state index contributed by atoms with van der Waals surface area (Å²) < 4.78 is 0. The van der Waals surface area contributed by atoms with Gasteiger partial charge in [-0.15, -0.1) is 0 Å². The summed E-state index contributed by atoms with van der Waals surface area (Å²) in [6, 6.07) is 41.5. The van der Waals surface area contributed by atoms with Crippen molar-refractivity contribution in [1.29, 1.82) is 0 Å². The van der Waals surface area contributed by atoms with Crippen LogP contribution in [0.3, 0.4) is 0 Å². The molecule has 1 N–H and O–H groups in total. The highest BCUT2D eigenvalue weighted by Crippen LogP contribution is 2.36. The van der Waals surface area contributed by atoms with E-state index >= 15 is 0 Å². The lowest BCUT2D eigenvalue weighted by Gasteiger charge is -2.24. The summed E-state index contributed by atoms with van der Waals surface area (Å²) in [5, 5.41) is 15.5. The highest BCUT2D eigenvalue weighted by Gasteiger charge is 2.22. The number of aryl methyl sites for hydroxylation is 4. The predicted molar refractivity (Wildman–Crippen MR) is 155 cm³/mol. The molecule has 3 heteroatoms. The number of hydrogen-bond donors (Lipinski definition) is 1.